The van der Waals surface area contributed by atoms with Crippen LogP contribution in [0.4, 0.5) is 18.9 Å². The first-order valence-electron chi connectivity index (χ1n) is 6.41. The van der Waals surface area contributed by atoms with Gasteiger partial charge in [-0.15, -0.1) is 0 Å². The van der Waals surface area contributed by atoms with E-state index in [0.29, 0.717) is 5.69 Å². The van der Waals surface area contributed by atoms with E-state index in [9.17, 15) is 13.2 Å². The first-order chi connectivity index (χ1) is 9.77. The molecule has 0 fully saturated rings. The van der Waals surface area contributed by atoms with Crippen LogP contribution in [0.1, 0.15) is 31.1 Å². The highest BCUT2D eigenvalue weighted by molar-refractivity contribution is 5.54. The van der Waals surface area contributed by atoms with E-state index in [2.05, 4.69) is 5.10 Å². The lowest BCUT2D eigenvalue weighted by Crippen LogP contribution is -2.07. The Kier molecular flexibility index (Phi) is 4.11. The Hall–Kier alpha value is -2.18. The van der Waals surface area contributed by atoms with Crippen LogP contribution in [0.3, 0.4) is 0 Å². The van der Waals surface area contributed by atoms with Crippen LogP contribution in [-0.2, 0) is 12.8 Å². The maximum atomic E-state index is 12.5. The molecule has 2 N–H and O–H groups in total. The summed E-state index contributed by atoms with van der Waals surface area (Å²) in [5.41, 5.74) is 5.43. The topological polar surface area (TPSA) is 53.1 Å². The smallest absolute Gasteiger partial charge is 0.416 e. The first kappa shape index (κ1) is 15.2. The summed E-state index contributed by atoms with van der Waals surface area (Å²) in [5.74, 6) is 0.210. The fourth-order valence-corrected chi connectivity index (χ4v) is 1.75. The summed E-state index contributed by atoms with van der Waals surface area (Å²) in [6.07, 6.45) is -2.60. The number of nitrogen functional groups attached to an aromatic ring is 1. The molecule has 0 amide bonds. The van der Waals surface area contributed by atoms with Crippen LogP contribution in [0.5, 0.6) is 5.75 Å². The Labute approximate surface area is 120 Å². The third-order valence-corrected chi connectivity index (χ3v) is 2.91. The number of hydrogen-bond donors (Lipinski definition) is 1. The van der Waals surface area contributed by atoms with Gasteiger partial charge in [-0.3, -0.25) is 4.68 Å². The fraction of sp³-hybridized carbons (Fsp3) is 0.357. The Morgan fingerprint density at radius 1 is 1.29 bits per heavy atom. The highest BCUT2D eigenvalue weighted by Gasteiger charge is 2.30. The van der Waals surface area contributed by atoms with Gasteiger partial charge in [0.2, 0.25) is 0 Å². The summed E-state index contributed by atoms with van der Waals surface area (Å²) >= 11 is 0. The summed E-state index contributed by atoms with van der Waals surface area (Å²) in [6, 6.07) is 5.05. The molecule has 0 radical (unpaired) electrons. The highest BCUT2D eigenvalue weighted by Crippen LogP contribution is 2.33. The van der Waals surface area contributed by atoms with Gasteiger partial charge in [0.25, 0.3) is 0 Å². The van der Waals surface area contributed by atoms with Crippen molar-refractivity contribution in [3.63, 3.8) is 0 Å². The number of anilines is 1. The second-order valence-electron chi connectivity index (χ2n) is 4.92. The SMILES string of the molecule is CC(C)n1ccc(COc2ccc(C(F)(F)F)cc2N)n1. The number of nitrogens with zero attached hydrogens (tertiary/aromatic N) is 2. The molecular formula is C14H16F3N3O. The van der Waals surface area contributed by atoms with Gasteiger partial charge in [0.05, 0.1) is 16.9 Å². The number of nitrogens with two attached hydrogens (primary N) is 1. The van der Waals surface area contributed by atoms with Crippen molar-refractivity contribution in [1.29, 1.82) is 0 Å². The van der Waals surface area contributed by atoms with E-state index in [0.717, 1.165) is 12.1 Å². The minimum absolute atomic E-state index is 0.0480. The molecule has 114 valence electrons. The summed E-state index contributed by atoms with van der Waals surface area (Å²) in [5, 5.41) is 4.28. The normalized spacial score (nSPS) is 11.9. The van der Waals surface area contributed by atoms with Gasteiger partial charge in [0.15, 0.2) is 0 Å². The standard InChI is InChI=1S/C14H16F3N3O/c1-9(2)20-6-5-11(19-20)8-21-13-4-3-10(7-12(13)18)14(15,16)17/h3-7,9H,8,18H2,1-2H3. The molecule has 0 unspecified atom stereocenters. The number of aromatic nitrogens is 2. The lowest BCUT2D eigenvalue weighted by Gasteiger charge is -2.11. The van der Waals surface area contributed by atoms with Crippen molar-refractivity contribution in [3.8, 4) is 5.75 Å². The van der Waals surface area contributed by atoms with Gasteiger partial charge in [0.1, 0.15) is 12.4 Å². The molecule has 1 heterocycles. The lowest BCUT2D eigenvalue weighted by molar-refractivity contribution is -0.137. The zero-order valence-electron chi connectivity index (χ0n) is 11.7. The predicted molar refractivity (Wildman–Crippen MR) is 72.8 cm³/mol. The van der Waals surface area contributed by atoms with E-state index in [-0.39, 0.29) is 24.1 Å². The largest absolute Gasteiger partial charge is 0.485 e. The molecule has 0 aliphatic rings. The van der Waals surface area contributed by atoms with Crippen molar-refractivity contribution in [2.45, 2.75) is 32.7 Å². The van der Waals surface area contributed by atoms with Crippen molar-refractivity contribution in [2.75, 3.05) is 5.73 Å². The third kappa shape index (κ3) is 3.68. The zero-order valence-corrected chi connectivity index (χ0v) is 11.7. The third-order valence-electron chi connectivity index (χ3n) is 2.91. The van der Waals surface area contributed by atoms with Crippen molar-refractivity contribution < 1.29 is 17.9 Å². The van der Waals surface area contributed by atoms with Crippen molar-refractivity contribution in [3.05, 3.63) is 41.7 Å². The number of alkyl halides is 3. The Morgan fingerprint density at radius 3 is 2.52 bits per heavy atom. The molecule has 0 spiro atoms. The van der Waals surface area contributed by atoms with E-state index in [1.165, 1.54) is 6.07 Å². The molecule has 4 nitrogen and oxygen atoms in total. The molecule has 1 aromatic carbocycles. The second-order valence-corrected chi connectivity index (χ2v) is 4.92. The highest BCUT2D eigenvalue weighted by atomic mass is 19.4. The monoisotopic (exact) mass is 299 g/mol. The Bertz CT molecular complexity index is 620. The van der Waals surface area contributed by atoms with Crippen LogP contribution in [-0.4, -0.2) is 9.78 Å². The number of rotatable bonds is 4. The van der Waals surface area contributed by atoms with Gasteiger partial charge in [-0.05, 0) is 38.1 Å². The predicted octanol–water partition coefficient (Wildman–Crippen LogP) is 3.64. The van der Waals surface area contributed by atoms with Crippen molar-refractivity contribution in [1.82, 2.24) is 9.78 Å². The minimum Gasteiger partial charge on any atom is -0.485 e. The lowest BCUT2D eigenvalue weighted by atomic mass is 10.2. The number of hydrogen-bond acceptors (Lipinski definition) is 3. The van der Waals surface area contributed by atoms with Gasteiger partial charge < -0.3 is 10.5 Å². The van der Waals surface area contributed by atoms with E-state index < -0.39 is 11.7 Å². The average molecular weight is 299 g/mol. The first-order valence-corrected chi connectivity index (χ1v) is 6.41. The second kappa shape index (κ2) is 5.67. The van der Waals surface area contributed by atoms with Crippen molar-refractivity contribution >= 4 is 5.69 Å². The zero-order chi connectivity index (χ0) is 15.6. The molecule has 0 atom stereocenters. The van der Waals surface area contributed by atoms with Crippen LogP contribution in [0, 0.1) is 0 Å². The number of ether oxygens (including phenoxy) is 1. The number of halogens is 3. The molecule has 1 aromatic heterocycles. The molecule has 0 aliphatic carbocycles. The van der Waals surface area contributed by atoms with Crippen LogP contribution in [0.25, 0.3) is 0 Å². The Morgan fingerprint density at radius 2 is 2.00 bits per heavy atom. The Balaban J connectivity index is 2.06. The van der Waals surface area contributed by atoms with Crippen LogP contribution in [0.15, 0.2) is 30.5 Å². The van der Waals surface area contributed by atoms with Gasteiger partial charge in [-0.1, -0.05) is 0 Å². The van der Waals surface area contributed by atoms with Crippen LogP contribution in [0.2, 0.25) is 0 Å². The molecule has 2 rings (SSSR count). The van der Waals surface area contributed by atoms with Gasteiger partial charge in [0, 0.05) is 12.2 Å². The maximum absolute atomic E-state index is 12.5. The maximum Gasteiger partial charge on any atom is 0.416 e. The van der Waals surface area contributed by atoms with Gasteiger partial charge >= 0.3 is 6.18 Å². The summed E-state index contributed by atoms with van der Waals surface area (Å²) < 4.78 is 44.7. The van der Waals surface area contributed by atoms with E-state index in [4.69, 9.17) is 10.5 Å². The molecule has 0 saturated heterocycles. The molecule has 2 aromatic rings. The quantitative estimate of drug-likeness (QED) is 0.877. The molecule has 7 heteroatoms. The molecule has 0 saturated carbocycles. The van der Waals surface area contributed by atoms with Gasteiger partial charge in [-0.2, -0.15) is 18.3 Å². The van der Waals surface area contributed by atoms with Crippen molar-refractivity contribution in [2.24, 2.45) is 0 Å². The summed E-state index contributed by atoms with van der Waals surface area (Å²) in [7, 11) is 0. The minimum atomic E-state index is -4.41. The average Bonchev–Trinajstić information content (AvgIpc) is 2.85. The van der Waals surface area contributed by atoms with E-state index >= 15 is 0 Å². The molecule has 0 aliphatic heterocycles. The van der Waals surface area contributed by atoms with Gasteiger partial charge in [-0.25, -0.2) is 0 Å². The summed E-state index contributed by atoms with van der Waals surface area (Å²) in [6.45, 7) is 4.13. The summed E-state index contributed by atoms with van der Waals surface area (Å²) in [4.78, 5) is 0. The molecule has 0 bridgehead atoms. The van der Waals surface area contributed by atoms with Crippen LogP contribution < -0.4 is 10.5 Å². The molecule has 21 heavy (non-hydrogen) atoms. The van der Waals surface area contributed by atoms with Crippen LogP contribution >= 0.6 is 0 Å². The molecular weight excluding hydrogens is 283 g/mol. The van der Waals surface area contributed by atoms with E-state index in [1.54, 1.807) is 10.7 Å². The van der Waals surface area contributed by atoms with E-state index in [1.807, 2.05) is 20.0 Å². The number of benzene rings is 1. The fourth-order valence-electron chi connectivity index (χ4n) is 1.75.